The highest BCUT2D eigenvalue weighted by atomic mass is 35.5. The van der Waals surface area contributed by atoms with E-state index in [9.17, 15) is 4.39 Å². The molecule has 0 fully saturated rings. The van der Waals surface area contributed by atoms with Gasteiger partial charge in [0.15, 0.2) is 0 Å². The van der Waals surface area contributed by atoms with Gasteiger partial charge in [0.2, 0.25) is 0 Å². The van der Waals surface area contributed by atoms with E-state index in [1.807, 2.05) is 19.9 Å². The highest BCUT2D eigenvalue weighted by molar-refractivity contribution is 6.30. The number of pyridine rings is 1. The number of halogens is 2. The number of rotatable bonds is 3. The van der Waals surface area contributed by atoms with Crippen molar-refractivity contribution in [3.63, 3.8) is 0 Å². The van der Waals surface area contributed by atoms with Crippen LogP contribution in [0.3, 0.4) is 0 Å². The van der Waals surface area contributed by atoms with Gasteiger partial charge in [-0.2, -0.15) is 0 Å². The third-order valence-electron chi connectivity index (χ3n) is 2.85. The van der Waals surface area contributed by atoms with Crippen molar-refractivity contribution in [3.8, 4) is 0 Å². The van der Waals surface area contributed by atoms with Crippen LogP contribution in [0.1, 0.15) is 24.1 Å². The molecule has 2 aromatic rings. The van der Waals surface area contributed by atoms with E-state index in [4.69, 9.17) is 11.6 Å². The molecule has 0 radical (unpaired) electrons. The molecule has 0 saturated heterocycles. The smallest absolute Gasteiger partial charge is 0.141 e. The van der Waals surface area contributed by atoms with Gasteiger partial charge in [-0.05, 0) is 43.2 Å². The third kappa shape index (κ3) is 2.79. The van der Waals surface area contributed by atoms with E-state index in [2.05, 4.69) is 10.3 Å². The van der Waals surface area contributed by atoms with Crippen molar-refractivity contribution in [2.75, 3.05) is 5.32 Å². The molecule has 2 nitrogen and oxygen atoms in total. The van der Waals surface area contributed by atoms with E-state index < -0.39 is 5.82 Å². The zero-order valence-corrected chi connectivity index (χ0v) is 11.0. The molecule has 1 heterocycles. The number of benzene rings is 1. The Kier molecular flexibility index (Phi) is 3.82. The number of nitrogens with one attached hydrogen (secondary N) is 1. The summed E-state index contributed by atoms with van der Waals surface area (Å²) in [6, 6.07) is 6.72. The first-order valence-corrected chi connectivity index (χ1v) is 6.08. The van der Waals surface area contributed by atoms with Crippen molar-refractivity contribution in [2.45, 2.75) is 19.9 Å². The minimum absolute atomic E-state index is 0.0333. The summed E-state index contributed by atoms with van der Waals surface area (Å²) in [7, 11) is 0. The van der Waals surface area contributed by atoms with Crippen LogP contribution in [0.2, 0.25) is 5.02 Å². The standard InChI is InChI=1S/C14H14ClFN2/c1-9-5-6-17-8-14(9)18-10(2)11-3-4-13(16)12(15)7-11/h3-8,10,18H,1-2H3. The lowest BCUT2D eigenvalue weighted by Crippen LogP contribution is -2.08. The number of aromatic nitrogens is 1. The Morgan fingerprint density at radius 3 is 2.78 bits per heavy atom. The summed E-state index contributed by atoms with van der Waals surface area (Å²) in [6.07, 6.45) is 3.52. The summed E-state index contributed by atoms with van der Waals surface area (Å²) < 4.78 is 13.1. The maximum atomic E-state index is 13.1. The van der Waals surface area contributed by atoms with Crippen LogP contribution in [0.4, 0.5) is 10.1 Å². The van der Waals surface area contributed by atoms with E-state index in [0.717, 1.165) is 16.8 Å². The molecule has 1 unspecified atom stereocenters. The first kappa shape index (κ1) is 12.8. The van der Waals surface area contributed by atoms with Gasteiger partial charge in [0.25, 0.3) is 0 Å². The average Bonchev–Trinajstić information content (AvgIpc) is 2.35. The van der Waals surface area contributed by atoms with Crippen LogP contribution in [0.15, 0.2) is 36.7 Å². The fourth-order valence-corrected chi connectivity index (χ4v) is 1.90. The lowest BCUT2D eigenvalue weighted by Gasteiger charge is -2.17. The van der Waals surface area contributed by atoms with Gasteiger partial charge in [0.05, 0.1) is 16.9 Å². The second-order valence-electron chi connectivity index (χ2n) is 4.23. The lowest BCUT2D eigenvalue weighted by molar-refractivity contribution is 0.627. The van der Waals surface area contributed by atoms with Crippen molar-refractivity contribution in [1.82, 2.24) is 4.98 Å². The Hall–Kier alpha value is -1.61. The Balaban J connectivity index is 2.19. The van der Waals surface area contributed by atoms with Gasteiger partial charge in [0.1, 0.15) is 5.82 Å². The zero-order chi connectivity index (χ0) is 13.1. The van der Waals surface area contributed by atoms with Crippen molar-refractivity contribution in [3.05, 3.63) is 58.6 Å². The first-order valence-electron chi connectivity index (χ1n) is 5.70. The molecule has 2 rings (SSSR count). The van der Waals surface area contributed by atoms with E-state index in [-0.39, 0.29) is 11.1 Å². The highest BCUT2D eigenvalue weighted by Crippen LogP contribution is 2.24. The molecule has 0 bridgehead atoms. The van der Waals surface area contributed by atoms with Crippen molar-refractivity contribution < 1.29 is 4.39 Å². The van der Waals surface area contributed by atoms with Crippen LogP contribution in [-0.4, -0.2) is 4.98 Å². The van der Waals surface area contributed by atoms with Crippen LogP contribution in [0.25, 0.3) is 0 Å². The molecule has 0 amide bonds. The summed E-state index contributed by atoms with van der Waals surface area (Å²) in [5, 5.41) is 3.47. The van der Waals surface area contributed by atoms with Gasteiger partial charge in [-0.25, -0.2) is 4.39 Å². The van der Waals surface area contributed by atoms with E-state index in [1.165, 1.54) is 6.07 Å². The fourth-order valence-electron chi connectivity index (χ4n) is 1.71. The minimum atomic E-state index is -0.398. The van der Waals surface area contributed by atoms with Gasteiger partial charge in [-0.15, -0.1) is 0 Å². The van der Waals surface area contributed by atoms with Crippen LogP contribution in [0.5, 0.6) is 0 Å². The molecule has 1 atom stereocenters. The molecule has 1 aromatic carbocycles. The molecule has 0 spiro atoms. The van der Waals surface area contributed by atoms with Crippen molar-refractivity contribution >= 4 is 17.3 Å². The summed E-state index contributed by atoms with van der Waals surface area (Å²) in [5.41, 5.74) is 3.01. The third-order valence-corrected chi connectivity index (χ3v) is 3.14. The van der Waals surface area contributed by atoms with Gasteiger partial charge in [0, 0.05) is 12.2 Å². The largest absolute Gasteiger partial charge is 0.377 e. The normalized spacial score (nSPS) is 12.2. The Morgan fingerprint density at radius 2 is 2.11 bits per heavy atom. The Bertz CT molecular complexity index is 557. The molecule has 1 aromatic heterocycles. The predicted octanol–water partition coefficient (Wildman–Crippen LogP) is 4.36. The maximum Gasteiger partial charge on any atom is 0.141 e. The molecule has 0 aliphatic rings. The van der Waals surface area contributed by atoms with E-state index >= 15 is 0 Å². The topological polar surface area (TPSA) is 24.9 Å². The number of anilines is 1. The van der Waals surface area contributed by atoms with Crippen LogP contribution >= 0.6 is 11.6 Å². The number of hydrogen-bond donors (Lipinski definition) is 1. The first-order chi connectivity index (χ1) is 8.58. The molecular formula is C14H14ClFN2. The average molecular weight is 265 g/mol. The summed E-state index contributed by atoms with van der Waals surface area (Å²) >= 11 is 5.78. The molecule has 94 valence electrons. The molecule has 0 saturated carbocycles. The molecule has 0 aliphatic carbocycles. The monoisotopic (exact) mass is 264 g/mol. The molecule has 18 heavy (non-hydrogen) atoms. The Labute approximate surface area is 111 Å². The van der Waals surface area contributed by atoms with Gasteiger partial charge in [-0.3, -0.25) is 4.98 Å². The second-order valence-corrected chi connectivity index (χ2v) is 4.64. The molecule has 0 aliphatic heterocycles. The second kappa shape index (κ2) is 5.36. The van der Waals surface area contributed by atoms with Gasteiger partial charge >= 0.3 is 0 Å². The molecule has 4 heteroatoms. The predicted molar refractivity (Wildman–Crippen MR) is 72.4 cm³/mol. The summed E-state index contributed by atoms with van der Waals surface area (Å²) in [6.45, 7) is 4.00. The summed E-state index contributed by atoms with van der Waals surface area (Å²) in [5.74, 6) is -0.398. The SMILES string of the molecule is Cc1ccncc1NC(C)c1ccc(F)c(Cl)c1. The van der Waals surface area contributed by atoms with Crippen LogP contribution in [0, 0.1) is 12.7 Å². The molecular weight excluding hydrogens is 251 g/mol. The molecule has 1 N–H and O–H groups in total. The maximum absolute atomic E-state index is 13.1. The minimum Gasteiger partial charge on any atom is -0.377 e. The summed E-state index contributed by atoms with van der Waals surface area (Å²) in [4.78, 5) is 4.08. The van der Waals surface area contributed by atoms with Crippen molar-refractivity contribution in [2.24, 2.45) is 0 Å². The van der Waals surface area contributed by atoms with Crippen LogP contribution in [-0.2, 0) is 0 Å². The number of nitrogens with zero attached hydrogens (tertiary/aromatic N) is 1. The fraction of sp³-hybridized carbons (Fsp3) is 0.214. The zero-order valence-electron chi connectivity index (χ0n) is 10.2. The highest BCUT2D eigenvalue weighted by Gasteiger charge is 2.09. The van der Waals surface area contributed by atoms with Crippen molar-refractivity contribution in [1.29, 1.82) is 0 Å². The van der Waals surface area contributed by atoms with E-state index in [0.29, 0.717) is 0 Å². The van der Waals surface area contributed by atoms with Gasteiger partial charge < -0.3 is 5.32 Å². The number of aryl methyl sites for hydroxylation is 1. The van der Waals surface area contributed by atoms with E-state index in [1.54, 1.807) is 24.5 Å². The number of hydrogen-bond acceptors (Lipinski definition) is 2. The van der Waals surface area contributed by atoms with Crippen LogP contribution < -0.4 is 5.32 Å². The van der Waals surface area contributed by atoms with Gasteiger partial charge in [-0.1, -0.05) is 17.7 Å². The lowest BCUT2D eigenvalue weighted by atomic mass is 10.1. The Morgan fingerprint density at radius 1 is 1.33 bits per heavy atom. The quantitative estimate of drug-likeness (QED) is 0.891.